The van der Waals surface area contributed by atoms with Gasteiger partial charge in [0.1, 0.15) is 18.5 Å². The molecule has 1 atom stereocenters. The van der Waals surface area contributed by atoms with Gasteiger partial charge in [-0.1, -0.05) is 36.4 Å². The van der Waals surface area contributed by atoms with E-state index in [-0.39, 0.29) is 0 Å². The number of hydrogen-bond acceptors (Lipinski definition) is 6. The molecule has 1 unspecified atom stereocenters. The number of ether oxygens (including phenoxy) is 1. The van der Waals surface area contributed by atoms with Crippen LogP contribution in [0.1, 0.15) is 27.4 Å². The number of aliphatic hydroxyl groups is 1. The van der Waals surface area contributed by atoms with E-state index in [1.165, 1.54) is 16.7 Å². The molecule has 1 N–H and O–H groups in total. The van der Waals surface area contributed by atoms with Gasteiger partial charge in [0, 0.05) is 38.1 Å². The first-order chi connectivity index (χ1) is 15.0. The molecule has 0 bridgehead atoms. The average molecular weight is 438 g/mol. The van der Waals surface area contributed by atoms with Gasteiger partial charge >= 0.3 is 0 Å². The zero-order valence-corrected chi connectivity index (χ0v) is 19.1. The molecular weight excluding hydrogens is 406 g/mol. The van der Waals surface area contributed by atoms with Crippen molar-refractivity contribution in [1.82, 2.24) is 14.8 Å². The lowest BCUT2D eigenvalue weighted by Gasteiger charge is -2.30. The number of rotatable bonds is 9. The summed E-state index contributed by atoms with van der Waals surface area (Å²) in [6, 6.07) is 16.7. The summed E-state index contributed by atoms with van der Waals surface area (Å²) in [5.41, 5.74) is 5.10. The first-order valence-corrected chi connectivity index (χ1v) is 11.7. The van der Waals surface area contributed by atoms with Crippen molar-refractivity contribution >= 4 is 11.3 Å². The van der Waals surface area contributed by atoms with Crippen LogP contribution in [0.2, 0.25) is 0 Å². The second-order valence-corrected chi connectivity index (χ2v) is 9.46. The monoisotopic (exact) mass is 437 g/mol. The van der Waals surface area contributed by atoms with E-state index in [0.717, 1.165) is 49.1 Å². The molecule has 164 valence electrons. The Balaban J connectivity index is 1.24. The SMILES string of the molecule is Cc1nc(CN(C)Cc2cccc(OCC(O)CN3CCc4ccccc4C3)c2)cs1. The second kappa shape index (κ2) is 10.4. The van der Waals surface area contributed by atoms with Crippen LogP contribution < -0.4 is 4.74 Å². The summed E-state index contributed by atoms with van der Waals surface area (Å²) in [4.78, 5) is 9.09. The van der Waals surface area contributed by atoms with Crippen LogP contribution in [0.25, 0.3) is 0 Å². The molecule has 0 saturated carbocycles. The van der Waals surface area contributed by atoms with Gasteiger partial charge < -0.3 is 9.84 Å². The number of β-amino-alcohol motifs (C(OH)–C–C–N with tert-alkyl or cyclic N) is 1. The van der Waals surface area contributed by atoms with Crippen LogP contribution in [-0.4, -0.2) is 52.7 Å². The molecule has 0 aliphatic carbocycles. The second-order valence-electron chi connectivity index (χ2n) is 8.40. The molecule has 1 aliphatic heterocycles. The summed E-state index contributed by atoms with van der Waals surface area (Å²) in [5.74, 6) is 0.804. The average Bonchev–Trinajstić information content (AvgIpc) is 3.16. The summed E-state index contributed by atoms with van der Waals surface area (Å²) < 4.78 is 5.92. The molecule has 0 fully saturated rings. The van der Waals surface area contributed by atoms with Crippen LogP contribution in [0.5, 0.6) is 5.75 Å². The van der Waals surface area contributed by atoms with Gasteiger partial charge in [0.05, 0.1) is 10.7 Å². The van der Waals surface area contributed by atoms with Crippen molar-refractivity contribution in [2.75, 3.05) is 26.7 Å². The fourth-order valence-corrected chi connectivity index (χ4v) is 4.72. The van der Waals surface area contributed by atoms with Crippen molar-refractivity contribution in [2.45, 2.75) is 39.1 Å². The van der Waals surface area contributed by atoms with E-state index in [9.17, 15) is 5.11 Å². The molecule has 2 aromatic carbocycles. The third-order valence-corrected chi connectivity index (χ3v) is 6.39. The topological polar surface area (TPSA) is 48.8 Å². The predicted octanol–water partition coefficient (Wildman–Crippen LogP) is 3.88. The molecule has 5 nitrogen and oxygen atoms in total. The lowest BCUT2D eigenvalue weighted by Crippen LogP contribution is -2.38. The third-order valence-electron chi connectivity index (χ3n) is 5.57. The molecule has 1 aromatic heterocycles. The Kier molecular flexibility index (Phi) is 7.35. The molecule has 6 heteroatoms. The largest absolute Gasteiger partial charge is 0.491 e. The van der Waals surface area contributed by atoms with Gasteiger partial charge in [-0.15, -0.1) is 11.3 Å². The van der Waals surface area contributed by atoms with Gasteiger partial charge in [-0.25, -0.2) is 4.98 Å². The van der Waals surface area contributed by atoms with Gasteiger partial charge in [0.15, 0.2) is 0 Å². The molecule has 3 aromatic rings. The van der Waals surface area contributed by atoms with E-state index in [4.69, 9.17) is 4.74 Å². The van der Waals surface area contributed by atoms with Gasteiger partial charge in [0.2, 0.25) is 0 Å². The highest BCUT2D eigenvalue weighted by molar-refractivity contribution is 7.09. The van der Waals surface area contributed by atoms with E-state index in [2.05, 4.69) is 63.6 Å². The highest BCUT2D eigenvalue weighted by atomic mass is 32.1. The van der Waals surface area contributed by atoms with Crippen molar-refractivity contribution in [1.29, 1.82) is 0 Å². The first kappa shape index (κ1) is 22.0. The quantitative estimate of drug-likeness (QED) is 0.551. The number of benzene rings is 2. The third kappa shape index (κ3) is 6.37. The number of nitrogens with zero attached hydrogens (tertiary/aromatic N) is 3. The van der Waals surface area contributed by atoms with E-state index < -0.39 is 6.10 Å². The Morgan fingerprint density at radius 3 is 2.81 bits per heavy atom. The van der Waals surface area contributed by atoms with Gasteiger partial charge in [-0.05, 0) is 49.2 Å². The molecule has 2 heterocycles. The summed E-state index contributed by atoms with van der Waals surface area (Å²) in [5, 5.41) is 13.7. The minimum absolute atomic E-state index is 0.301. The summed E-state index contributed by atoms with van der Waals surface area (Å²) in [7, 11) is 2.10. The van der Waals surface area contributed by atoms with Crippen LogP contribution >= 0.6 is 11.3 Å². The Hall–Kier alpha value is -2.25. The maximum absolute atomic E-state index is 10.5. The number of aliphatic hydroxyl groups excluding tert-OH is 1. The molecule has 0 saturated heterocycles. The fourth-order valence-electron chi connectivity index (χ4n) is 4.11. The van der Waals surface area contributed by atoms with Gasteiger partial charge in [0.25, 0.3) is 0 Å². The van der Waals surface area contributed by atoms with E-state index >= 15 is 0 Å². The van der Waals surface area contributed by atoms with Crippen LogP contribution in [0.15, 0.2) is 53.9 Å². The molecule has 0 radical (unpaired) electrons. The minimum atomic E-state index is -0.510. The van der Waals surface area contributed by atoms with Gasteiger partial charge in [-0.3, -0.25) is 9.80 Å². The van der Waals surface area contributed by atoms with Crippen LogP contribution in [-0.2, 0) is 26.1 Å². The first-order valence-electron chi connectivity index (χ1n) is 10.8. The highest BCUT2D eigenvalue weighted by Crippen LogP contribution is 2.19. The van der Waals surface area contributed by atoms with Gasteiger partial charge in [-0.2, -0.15) is 0 Å². The lowest BCUT2D eigenvalue weighted by molar-refractivity contribution is 0.0637. The number of aryl methyl sites for hydroxylation is 1. The zero-order valence-electron chi connectivity index (χ0n) is 18.3. The number of hydrogen-bond donors (Lipinski definition) is 1. The molecular formula is C25H31N3O2S. The Labute approximate surface area is 188 Å². The maximum atomic E-state index is 10.5. The highest BCUT2D eigenvalue weighted by Gasteiger charge is 2.18. The molecule has 31 heavy (non-hydrogen) atoms. The Bertz CT molecular complexity index is 990. The summed E-state index contributed by atoms with van der Waals surface area (Å²) in [6.07, 6.45) is 0.532. The van der Waals surface area contributed by atoms with Crippen molar-refractivity contribution in [2.24, 2.45) is 0 Å². The van der Waals surface area contributed by atoms with E-state index in [1.807, 2.05) is 19.1 Å². The molecule has 0 spiro atoms. The van der Waals surface area contributed by atoms with E-state index in [0.29, 0.717) is 13.2 Å². The van der Waals surface area contributed by atoms with E-state index in [1.54, 1.807) is 11.3 Å². The Morgan fingerprint density at radius 1 is 1.16 bits per heavy atom. The molecule has 0 amide bonds. The van der Waals surface area contributed by atoms with Crippen molar-refractivity contribution < 1.29 is 9.84 Å². The maximum Gasteiger partial charge on any atom is 0.119 e. The molecule has 4 rings (SSSR count). The minimum Gasteiger partial charge on any atom is -0.491 e. The standard InChI is InChI=1S/C25H31N3O2S/c1-19-26-23(18-31-19)15-27(2)13-20-6-5-9-25(12-20)30-17-24(29)16-28-11-10-21-7-3-4-8-22(21)14-28/h3-9,12,18,24,29H,10-11,13-17H2,1-2H3. The number of fused-ring (bicyclic) bond motifs is 1. The predicted molar refractivity (Wildman–Crippen MR) is 125 cm³/mol. The van der Waals surface area contributed by atoms with Crippen molar-refractivity contribution in [3.05, 3.63) is 81.3 Å². The Morgan fingerprint density at radius 2 is 2.00 bits per heavy atom. The van der Waals surface area contributed by atoms with Crippen LogP contribution in [0.3, 0.4) is 0 Å². The fraction of sp³-hybridized carbons (Fsp3) is 0.400. The van der Waals surface area contributed by atoms with Crippen LogP contribution in [0.4, 0.5) is 0 Å². The zero-order chi connectivity index (χ0) is 21.6. The van der Waals surface area contributed by atoms with Crippen molar-refractivity contribution in [3.63, 3.8) is 0 Å². The molecule has 1 aliphatic rings. The number of thiazole rings is 1. The summed E-state index contributed by atoms with van der Waals surface area (Å²) >= 11 is 1.69. The normalized spacial score (nSPS) is 15.1. The van der Waals surface area contributed by atoms with Crippen molar-refractivity contribution in [3.8, 4) is 5.75 Å². The smallest absolute Gasteiger partial charge is 0.119 e. The summed E-state index contributed by atoms with van der Waals surface area (Å²) in [6.45, 7) is 6.49. The lowest BCUT2D eigenvalue weighted by atomic mass is 10.00. The van der Waals surface area contributed by atoms with Crippen LogP contribution in [0, 0.1) is 6.92 Å². The number of aromatic nitrogens is 1.